The fourth-order valence-corrected chi connectivity index (χ4v) is 2.58. The Labute approximate surface area is 116 Å². The number of benzene rings is 1. The zero-order chi connectivity index (χ0) is 13.9. The fourth-order valence-electron chi connectivity index (χ4n) is 2.58. The van der Waals surface area contributed by atoms with Gasteiger partial charge in [0.15, 0.2) is 0 Å². The molecule has 0 amide bonds. The number of nitrogens with one attached hydrogen (secondary N) is 2. The molecule has 1 heterocycles. The van der Waals surface area contributed by atoms with Crippen molar-refractivity contribution in [2.45, 2.75) is 46.6 Å². The Morgan fingerprint density at radius 2 is 1.84 bits per heavy atom. The van der Waals surface area contributed by atoms with Gasteiger partial charge in [0.1, 0.15) is 11.4 Å². The van der Waals surface area contributed by atoms with E-state index in [1.807, 2.05) is 6.07 Å². The van der Waals surface area contributed by atoms with E-state index in [2.05, 4.69) is 50.5 Å². The van der Waals surface area contributed by atoms with Crippen molar-refractivity contribution in [1.29, 1.82) is 0 Å². The maximum atomic E-state index is 5.90. The van der Waals surface area contributed by atoms with Crippen LogP contribution in [0.15, 0.2) is 18.2 Å². The first-order chi connectivity index (χ1) is 9.10. The minimum Gasteiger partial charge on any atom is -0.489 e. The quantitative estimate of drug-likeness (QED) is 0.856. The van der Waals surface area contributed by atoms with Crippen molar-refractivity contribution in [3.63, 3.8) is 0 Å². The number of fused-ring (bicyclic) bond motifs is 1. The van der Waals surface area contributed by atoms with Crippen molar-refractivity contribution in [1.82, 2.24) is 0 Å². The summed E-state index contributed by atoms with van der Waals surface area (Å²) < 4.78 is 5.90. The molecule has 19 heavy (non-hydrogen) atoms. The monoisotopic (exact) mass is 262 g/mol. The first kappa shape index (κ1) is 14.0. The summed E-state index contributed by atoms with van der Waals surface area (Å²) in [6.07, 6.45) is 2.55. The van der Waals surface area contributed by atoms with Gasteiger partial charge in [-0.05, 0) is 38.8 Å². The Kier molecular flexibility index (Phi) is 4.23. The van der Waals surface area contributed by atoms with Gasteiger partial charge in [-0.1, -0.05) is 19.9 Å². The van der Waals surface area contributed by atoms with E-state index in [0.717, 1.165) is 30.2 Å². The number of ether oxygens (including phenoxy) is 1. The summed E-state index contributed by atoms with van der Waals surface area (Å²) in [5.41, 5.74) is 2.59. The second kappa shape index (κ2) is 5.72. The van der Waals surface area contributed by atoms with Gasteiger partial charge in [-0.3, -0.25) is 0 Å². The van der Waals surface area contributed by atoms with Crippen molar-refractivity contribution in [3.05, 3.63) is 18.2 Å². The Morgan fingerprint density at radius 1 is 1.16 bits per heavy atom. The van der Waals surface area contributed by atoms with Gasteiger partial charge in [0.2, 0.25) is 0 Å². The molecule has 1 aliphatic heterocycles. The molecule has 2 rings (SSSR count). The highest BCUT2D eigenvalue weighted by Gasteiger charge is 2.29. The van der Waals surface area contributed by atoms with Crippen molar-refractivity contribution in [2.75, 3.05) is 23.7 Å². The molecule has 106 valence electrons. The van der Waals surface area contributed by atoms with E-state index in [0.29, 0.717) is 5.41 Å². The van der Waals surface area contributed by atoms with E-state index in [1.54, 1.807) is 0 Å². The average molecular weight is 262 g/mol. The van der Waals surface area contributed by atoms with Crippen LogP contribution >= 0.6 is 0 Å². The molecule has 0 saturated heterocycles. The first-order valence-electron chi connectivity index (χ1n) is 7.37. The second-order valence-electron chi connectivity index (χ2n) is 5.76. The van der Waals surface area contributed by atoms with Gasteiger partial charge < -0.3 is 15.4 Å². The maximum Gasteiger partial charge on any atom is 0.144 e. The predicted octanol–water partition coefficient (Wildman–Crippen LogP) is 4.12. The topological polar surface area (TPSA) is 33.3 Å². The van der Waals surface area contributed by atoms with E-state index in [4.69, 9.17) is 4.74 Å². The van der Waals surface area contributed by atoms with Crippen LogP contribution in [0, 0.1) is 5.41 Å². The Bertz CT molecular complexity index is 425. The van der Waals surface area contributed by atoms with E-state index in [-0.39, 0.29) is 6.10 Å². The van der Waals surface area contributed by atoms with Crippen LogP contribution in [-0.4, -0.2) is 19.2 Å². The molecule has 0 unspecified atom stereocenters. The smallest absolute Gasteiger partial charge is 0.144 e. The average Bonchev–Trinajstić information content (AvgIpc) is 2.59. The summed E-state index contributed by atoms with van der Waals surface area (Å²) in [6, 6.07) is 6.21. The van der Waals surface area contributed by atoms with Gasteiger partial charge in [-0.15, -0.1) is 0 Å². The largest absolute Gasteiger partial charge is 0.489 e. The third-order valence-corrected chi connectivity index (χ3v) is 4.18. The molecule has 0 atom stereocenters. The van der Waals surface area contributed by atoms with Crippen LogP contribution in [0.25, 0.3) is 0 Å². The minimum absolute atomic E-state index is 0.193. The summed E-state index contributed by atoms with van der Waals surface area (Å²) in [5.74, 6) is 0.947. The normalized spacial score (nSPS) is 17.1. The molecule has 3 nitrogen and oxygen atoms in total. The third-order valence-electron chi connectivity index (χ3n) is 4.18. The zero-order valence-corrected chi connectivity index (χ0v) is 12.5. The Balaban J connectivity index is 2.27. The van der Waals surface area contributed by atoms with Crippen molar-refractivity contribution in [3.8, 4) is 5.75 Å². The minimum atomic E-state index is 0.193. The van der Waals surface area contributed by atoms with Crippen LogP contribution in [-0.2, 0) is 0 Å². The van der Waals surface area contributed by atoms with Gasteiger partial charge in [0.25, 0.3) is 0 Å². The summed E-state index contributed by atoms with van der Waals surface area (Å²) in [6.45, 7) is 10.7. The summed E-state index contributed by atoms with van der Waals surface area (Å²) in [4.78, 5) is 0. The zero-order valence-electron chi connectivity index (χ0n) is 12.5. The van der Waals surface area contributed by atoms with E-state index >= 15 is 0 Å². The molecular weight excluding hydrogens is 236 g/mol. The third kappa shape index (κ3) is 2.96. The lowest BCUT2D eigenvalue weighted by Gasteiger charge is -2.30. The summed E-state index contributed by atoms with van der Waals surface area (Å²) in [7, 11) is 0. The van der Waals surface area contributed by atoms with Gasteiger partial charge in [0.05, 0.1) is 11.8 Å². The lowest BCUT2D eigenvalue weighted by Crippen LogP contribution is -2.33. The number of anilines is 2. The molecule has 1 aromatic rings. The first-order valence-corrected chi connectivity index (χ1v) is 7.37. The maximum absolute atomic E-state index is 5.90. The Hall–Kier alpha value is -1.38. The van der Waals surface area contributed by atoms with Crippen LogP contribution in [0.1, 0.15) is 40.5 Å². The molecule has 0 saturated carbocycles. The number of para-hydroxylation sites is 1. The predicted molar refractivity (Wildman–Crippen MR) is 82.2 cm³/mol. The van der Waals surface area contributed by atoms with Crippen LogP contribution in [0.4, 0.5) is 11.4 Å². The Morgan fingerprint density at radius 3 is 2.47 bits per heavy atom. The molecule has 1 aliphatic rings. The molecule has 2 N–H and O–H groups in total. The number of rotatable bonds is 4. The van der Waals surface area contributed by atoms with Gasteiger partial charge >= 0.3 is 0 Å². The molecule has 0 aromatic heterocycles. The SMILES string of the molecule is CCC1(CC)CNc2cccc(OC(C)C)c2NC1. The van der Waals surface area contributed by atoms with E-state index < -0.39 is 0 Å². The molecule has 0 bridgehead atoms. The van der Waals surface area contributed by atoms with Crippen LogP contribution < -0.4 is 15.4 Å². The lowest BCUT2D eigenvalue weighted by molar-refractivity contribution is 0.243. The van der Waals surface area contributed by atoms with Crippen molar-refractivity contribution >= 4 is 11.4 Å². The van der Waals surface area contributed by atoms with Crippen LogP contribution in [0.3, 0.4) is 0 Å². The fraction of sp³-hybridized carbons (Fsp3) is 0.625. The molecule has 3 heteroatoms. The van der Waals surface area contributed by atoms with E-state index in [1.165, 1.54) is 12.8 Å². The standard InChI is InChI=1S/C16H26N2O/c1-5-16(6-2)10-17-13-8-7-9-14(19-12(3)4)15(13)18-11-16/h7-9,12,17-18H,5-6,10-11H2,1-4H3. The van der Waals surface area contributed by atoms with Crippen LogP contribution in [0.5, 0.6) is 5.75 Å². The van der Waals surface area contributed by atoms with Crippen molar-refractivity contribution in [2.24, 2.45) is 5.41 Å². The highest BCUT2D eigenvalue weighted by molar-refractivity contribution is 5.76. The molecule has 0 spiro atoms. The summed E-state index contributed by atoms with van der Waals surface area (Å²) >= 11 is 0. The van der Waals surface area contributed by atoms with Gasteiger partial charge in [-0.2, -0.15) is 0 Å². The lowest BCUT2D eigenvalue weighted by atomic mass is 9.82. The van der Waals surface area contributed by atoms with Crippen molar-refractivity contribution < 1.29 is 4.74 Å². The number of hydrogen-bond donors (Lipinski definition) is 2. The second-order valence-corrected chi connectivity index (χ2v) is 5.76. The highest BCUT2D eigenvalue weighted by Crippen LogP contribution is 2.39. The van der Waals surface area contributed by atoms with E-state index in [9.17, 15) is 0 Å². The molecule has 1 aromatic carbocycles. The molecular formula is C16H26N2O. The highest BCUT2D eigenvalue weighted by atomic mass is 16.5. The molecule has 0 aliphatic carbocycles. The molecule has 0 radical (unpaired) electrons. The molecule has 0 fully saturated rings. The van der Waals surface area contributed by atoms with Gasteiger partial charge in [-0.25, -0.2) is 0 Å². The van der Waals surface area contributed by atoms with Gasteiger partial charge in [0, 0.05) is 18.5 Å². The number of hydrogen-bond acceptors (Lipinski definition) is 3. The summed E-state index contributed by atoms with van der Waals surface area (Å²) in [5, 5.41) is 7.19. The van der Waals surface area contributed by atoms with Crippen LogP contribution in [0.2, 0.25) is 0 Å².